The second-order valence-corrected chi connectivity index (χ2v) is 4.99. The summed E-state index contributed by atoms with van der Waals surface area (Å²) in [5.41, 5.74) is 3.39. The van der Waals surface area contributed by atoms with Gasteiger partial charge in [-0.05, 0) is 50.1 Å². The number of fused-ring (bicyclic) bond motifs is 1. The van der Waals surface area contributed by atoms with Crippen molar-refractivity contribution in [1.82, 2.24) is 10.2 Å². The van der Waals surface area contributed by atoms with Gasteiger partial charge < -0.3 is 15.0 Å². The molecular weight excluding hydrogens is 252 g/mol. The molecule has 4 nitrogen and oxygen atoms in total. The molecule has 0 radical (unpaired) electrons. The lowest BCUT2D eigenvalue weighted by Crippen LogP contribution is -2.34. The SMILES string of the molecule is CCOCCN(CC)C(=O)c1ccc2c(c1)CNCC2. The Morgan fingerprint density at radius 2 is 2.20 bits per heavy atom. The number of carbonyl (C=O) groups excluding carboxylic acids is 1. The van der Waals surface area contributed by atoms with Crippen LogP contribution in [0.4, 0.5) is 0 Å². The molecule has 0 aliphatic carbocycles. The van der Waals surface area contributed by atoms with E-state index in [1.807, 2.05) is 30.9 Å². The molecule has 0 spiro atoms. The highest BCUT2D eigenvalue weighted by Gasteiger charge is 2.16. The summed E-state index contributed by atoms with van der Waals surface area (Å²) in [5, 5.41) is 3.35. The summed E-state index contributed by atoms with van der Waals surface area (Å²) < 4.78 is 5.34. The summed E-state index contributed by atoms with van der Waals surface area (Å²) in [4.78, 5) is 14.3. The molecule has 0 bridgehead atoms. The van der Waals surface area contributed by atoms with Crippen LogP contribution < -0.4 is 5.32 Å². The van der Waals surface area contributed by atoms with E-state index < -0.39 is 0 Å². The molecule has 0 atom stereocenters. The van der Waals surface area contributed by atoms with Crippen LogP contribution in [0.5, 0.6) is 0 Å². The zero-order valence-electron chi connectivity index (χ0n) is 12.4. The molecule has 0 saturated carbocycles. The van der Waals surface area contributed by atoms with E-state index in [0.29, 0.717) is 26.3 Å². The largest absolute Gasteiger partial charge is 0.380 e. The number of rotatable bonds is 6. The van der Waals surface area contributed by atoms with Crippen molar-refractivity contribution >= 4 is 5.91 Å². The molecule has 110 valence electrons. The van der Waals surface area contributed by atoms with Crippen molar-refractivity contribution in [3.05, 3.63) is 34.9 Å². The minimum absolute atomic E-state index is 0.0978. The predicted molar refractivity (Wildman–Crippen MR) is 79.9 cm³/mol. The van der Waals surface area contributed by atoms with E-state index >= 15 is 0 Å². The second-order valence-electron chi connectivity index (χ2n) is 4.99. The van der Waals surface area contributed by atoms with E-state index in [1.54, 1.807) is 0 Å². The third-order valence-electron chi connectivity index (χ3n) is 3.72. The Balaban J connectivity index is 2.06. The fraction of sp³-hybridized carbons (Fsp3) is 0.562. The number of benzene rings is 1. The third kappa shape index (κ3) is 3.58. The fourth-order valence-electron chi connectivity index (χ4n) is 2.52. The quantitative estimate of drug-likeness (QED) is 0.806. The normalized spacial score (nSPS) is 13.9. The molecule has 0 fully saturated rings. The molecule has 4 heteroatoms. The first kappa shape index (κ1) is 15.0. The molecule has 0 aromatic heterocycles. The standard InChI is InChI=1S/C16H24N2O2/c1-3-18(9-10-20-4-2)16(19)14-6-5-13-7-8-17-12-15(13)11-14/h5-6,11,17H,3-4,7-10,12H2,1-2H3. The van der Waals surface area contributed by atoms with Crippen LogP contribution in [0, 0.1) is 0 Å². The van der Waals surface area contributed by atoms with Gasteiger partial charge in [0.05, 0.1) is 6.61 Å². The molecule has 2 rings (SSSR count). The number of carbonyl (C=O) groups is 1. The number of nitrogens with one attached hydrogen (secondary N) is 1. The van der Waals surface area contributed by atoms with Gasteiger partial charge in [-0.1, -0.05) is 6.07 Å². The molecule has 1 N–H and O–H groups in total. The van der Waals surface area contributed by atoms with Crippen molar-refractivity contribution in [2.75, 3.05) is 32.8 Å². The first-order valence-corrected chi connectivity index (χ1v) is 7.45. The number of hydrogen-bond acceptors (Lipinski definition) is 3. The predicted octanol–water partition coefficient (Wildman–Crippen LogP) is 1.83. The van der Waals surface area contributed by atoms with Crippen LogP contribution in [0.15, 0.2) is 18.2 Å². The van der Waals surface area contributed by atoms with Gasteiger partial charge >= 0.3 is 0 Å². The van der Waals surface area contributed by atoms with Crippen LogP contribution in [-0.4, -0.2) is 43.7 Å². The maximum atomic E-state index is 12.5. The minimum Gasteiger partial charge on any atom is -0.380 e. The van der Waals surface area contributed by atoms with Crippen molar-refractivity contribution in [1.29, 1.82) is 0 Å². The van der Waals surface area contributed by atoms with Gasteiger partial charge in [0.15, 0.2) is 0 Å². The van der Waals surface area contributed by atoms with E-state index in [0.717, 1.165) is 25.1 Å². The number of amides is 1. The Bertz CT molecular complexity index is 460. The van der Waals surface area contributed by atoms with Crippen LogP contribution >= 0.6 is 0 Å². The molecular formula is C16H24N2O2. The second kappa shape index (κ2) is 7.41. The minimum atomic E-state index is 0.0978. The smallest absolute Gasteiger partial charge is 0.253 e. The highest BCUT2D eigenvalue weighted by Crippen LogP contribution is 2.17. The van der Waals surface area contributed by atoms with E-state index in [4.69, 9.17) is 4.74 Å². The molecule has 0 saturated heterocycles. The molecule has 1 aromatic carbocycles. The number of likely N-dealkylation sites (N-methyl/N-ethyl adjacent to an activating group) is 1. The van der Waals surface area contributed by atoms with Gasteiger partial charge in [0.1, 0.15) is 0 Å². The molecule has 20 heavy (non-hydrogen) atoms. The summed E-state index contributed by atoms with van der Waals surface area (Å²) in [6, 6.07) is 6.09. The van der Waals surface area contributed by atoms with Gasteiger partial charge in [-0.2, -0.15) is 0 Å². The Kier molecular flexibility index (Phi) is 5.56. The van der Waals surface area contributed by atoms with Crippen molar-refractivity contribution in [2.24, 2.45) is 0 Å². The average Bonchev–Trinajstić information content (AvgIpc) is 2.50. The highest BCUT2D eigenvalue weighted by atomic mass is 16.5. The highest BCUT2D eigenvalue weighted by molar-refractivity contribution is 5.94. The monoisotopic (exact) mass is 276 g/mol. The van der Waals surface area contributed by atoms with Crippen molar-refractivity contribution < 1.29 is 9.53 Å². The lowest BCUT2D eigenvalue weighted by atomic mass is 9.98. The Hall–Kier alpha value is -1.39. The van der Waals surface area contributed by atoms with Gasteiger partial charge in [0.25, 0.3) is 5.91 Å². The maximum absolute atomic E-state index is 12.5. The van der Waals surface area contributed by atoms with Gasteiger partial charge in [0.2, 0.25) is 0 Å². The van der Waals surface area contributed by atoms with Crippen LogP contribution in [0.1, 0.15) is 35.3 Å². The van der Waals surface area contributed by atoms with Gasteiger partial charge in [-0.25, -0.2) is 0 Å². The molecule has 1 amide bonds. The average molecular weight is 276 g/mol. The van der Waals surface area contributed by atoms with Crippen LogP contribution in [-0.2, 0) is 17.7 Å². The van der Waals surface area contributed by atoms with Crippen LogP contribution in [0.3, 0.4) is 0 Å². The summed E-state index contributed by atoms with van der Waals surface area (Å²) in [7, 11) is 0. The van der Waals surface area contributed by atoms with Crippen molar-refractivity contribution in [3.8, 4) is 0 Å². The zero-order valence-corrected chi connectivity index (χ0v) is 12.4. The number of ether oxygens (including phenoxy) is 1. The molecule has 1 aliphatic rings. The lowest BCUT2D eigenvalue weighted by molar-refractivity contribution is 0.0669. The maximum Gasteiger partial charge on any atom is 0.253 e. The third-order valence-corrected chi connectivity index (χ3v) is 3.72. The zero-order chi connectivity index (χ0) is 14.4. The van der Waals surface area contributed by atoms with Crippen molar-refractivity contribution in [3.63, 3.8) is 0 Å². The molecule has 0 unspecified atom stereocenters. The van der Waals surface area contributed by atoms with E-state index in [9.17, 15) is 4.79 Å². The summed E-state index contributed by atoms with van der Waals surface area (Å²) in [5.74, 6) is 0.0978. The first-order valence-electron chi connectivity index (χ1n) is 7.45. The molecule has 1 aliphatic heterocycles. The van der Waals surface area contributed by atoms with Gasteiger partial charge in [0, 0.05) is 31.8 Å². The Morgan fingerprint density at radius 1 is 1.35 bits per heavy atom. The van der Waals surface area contributed by atoms with E-state index in [2.05, 4.69) is 11.4 Å². The van der Waals surface area contributed by atoms with E-state index in [-0.39, 0.29) is 5.91 Å². The lowest BCUT2D eigenvalue weighted by Gasteiger charge is -2.22. The fourth-order valence-corrected chi connectivity index (χ4v) is 2.52. The van der Waals surface area contributed by atoms with Crippen LogP contribution in [0.25, 0.3) is 0 Å². The van der Waals surface area contributed by atoms with Crippen LogP contribution in [0.2, 0.25) is 0 Å². The number of nitrogens with zero attached hydrogens (tertiary/aromatic N) is 1. The Morgan fingerprint density at radius 3 is 2.95 bits per heavy atom. The summed E-state index contributed by atoms with van der Waals surface area (Å²) in [6.45, 7) is 8.51. The van der Waals surface area contributed by atoms with E-state index in [1.165, 1.54) is 11.1 Å². The topological polar surface area (TPSA) is 41.6 Å². The van der Waals surface area contributed by atoms with Gasteiger partial charge in [-0.3, -0.25) is 4.79 Å². The van der Waals surface area contributed by atoms with Gasteiger partial charge in [-0.15, -0.1) is 0 Å². The molecule has 1 heterocycles. The molecule has 1 aromatic rings. The first-order chi connectivity index (χ1) is 9.76. The Labute approximate surface area is 121 Å². The van der Waals surface area contributed by atoms with Crippen molar-refractivity contribution in [2.45, 2.75) is 26.8 Å². The summed E-state index contributed by atoms with van der Waals surface area (Å²) in [6.07, 6.45) is 1.05. The number of hydrogen-bond donors (Lipinski definition) is 1. The summed E-state index contributed by atoms with van der Waals surface area (Å²) >= 11 is 0.